The summed E-state index contributed by atoms with van der Waals surface area (Å²) in [4.78, 5) is 3.88. The summed E-state index contributed by atoms with van der Waals surface area (Å²) in [6, 6.07) is 14.6. The normalized spacial score (nSPS) is 16.6. The fraction of sp³-hybridized carbons (Fsp3) is 0.472. The van der Waals surface area contributed by atoms with Crippen LogP contribution in [0.15, 0.2) is 30.3 Å². The van der Waals surface area contributed by atoms with E-state index in [2.05, 4.69) is 82.9 Å². The van der Waals surface area contributed by atoms with Crippen molar-refractivity contribution in [2.45, 2.75) is 110 Å². The zero-order chi connectivity index (χ0) is 26.8. The van der Waals surface area contributed by atoms with Crippen molar-refractivity contribution in [1.29, 1.82) is 5.26 Å². The quantitative estimate of drug-likeness (QED) is 0.290. The molecule has 6 rings (SSSR count). The summed E-state index contributed by atoms with van der Waals surface area (Å²) >= 11 is 0. The number of aromatic nitrogens is 1. The third kappa shape index (κ3) is 3.37. The molecule has 1 aromatic heterocycles. The summed E-state index contributed by atoms with van der Waals surface area (Å²) in [5.41, 5.74) is 14.2. The van der Waals surface area contributed by atoms with Gasteiger partial charge in [0.05, 0.1) is 11.1 Å². The van der Waals surface area contributed by atoms with E-state index in [0.717, 1.165) is 36.8 Å². The summed E-state index contributed by atoms with van der Waals surface area (Å²) in [6.45, 7) is 13.6. The molecule has 1 heterocycles. The van der Waals surface area contributed by atoms with Crippen LogP contribution in [0.1, 0.15) is 111 Å². The Bertz CT molecular complexity index is 1580. The van der Waals surface area contributed by atoms with E-state index in [0.29, 0.717) is 0 Å². The second-order valence-corrected chi connectivity index (χ2v) is 12.5. The standard InChI is InChI=1S/C36H42N2/c1-7-35(8-2,9-3)25-12-13-29-27(20-25)31-26-14-17-36(15-10-11-16-36)33(26)28(21-37)32(34(31)38-29)30-23(5)18-22(4)19-24(30)6/h12-13,18-20,38H,7-11,14-17H2,1-6H3. The maximum absolute atomic E-state index is 10.8. The third-order valence-electron chi connectivity index (χ3n) is 10.8. The fourth-order valence-electron chi connectivity index (χ4n) is 8.72. The summed E-state index contributed by atoms with van der Waals surface area (Å²) < 4.78 is 0. The number of H-pyrrole nitrogens is 1. The number of rotatable bonds is 5. The Hall–Kier alpha value is -3.05. The van der Waals surface area contributed by atoms with Crippen molar-refractivity contribution >= 4 is 21.8 Å². The molecule has 0 amide bonds. The van der Waals surface area contributed by atoms with Crippen molar-refractivity contribution in [3.8, 4) is 17.2 Å². The average molecular weight is 503 g/mol. The van der Waals surface area contributed by atoms with Crippen molar-refractivity contribution in [3.05, 3.63) is 69.3 Å². The average Bonchev–Trinajstić information content (AvgIpc) is 3.63. The van der Waals surface area contributed by atoms with Crippen molar-refractivity contribution in [2.24, 2.45) is 0 Å². The molecular weight excluding hydrogens is 460 g/mol. The van der Waals surface area contributed by atoms with Gasteiger partial charge >= 0.3 is 0 Å². The first kappa shape index (κ1) is 25.2. The lowest BCUT2D eigenvalue weighted by Crippen LogP contribution is -2.23. The van der Waals surface area contributed by atoms with Crippen molar-refractivity contribution in [1.82, 2.24) is 4.98 Å². The van der Waals surface area contributed by atoms with Gasteiger partial charge in [0.25, 0.3) is 0 Å². The number of aromatic amines is 1. The Morgan fingerprint density at radius 2 is 1.55 bits per heavy atom. The minimum Gasteiger partial charge on any atom is -0.354 e. The van der Waals surface area contributed by atoms with E-state index >= 15 is 0 Å². The highest BCUT2D eigenvalue weighted by atomic mass is 14.7. The van der Waals surface area contributed by atoms with Crippen LogP contribution in [-0.4, -0.2) is 4.98 Å². The third-order valence-corrected chi connectivity index (χ3v) is 10.8. The van der Waals surface area contributed by atoms with Gasteiger partial charge in [-0.2, -0.15) is 5.26 Å². The fourth-order valence-corrected chi connectivity index (χ4v) is 8.72. The molecule has 0 saturated heterocycles. The van der Waals surface area contributed by atoms with Crippen LogP contribution in [0.2, 0.25) is 0 Å². The largest absolute Gasteiger partial charge is 0.354 e. The monoisotopic (exact) mass is 502 g/mol. The lowest BCUT2D eigenvalue weighted by Gasteiger charge is -2.31. The Kier molecular flexibility index (Phi) is 5.99. The molecular formula is C36H42N2. The summed E-state index contributed by atoms with van der Waals surface area (Å²) in [5, 5.41) is 13.6. The second kappa shape index (κ2) is 9.01. The Morgan fingerprint density at radius 3 is 2.16 bits per heavy atom. The summed E-state index contributed by atoms with van der Waals surface area (Å²) in [7, 11) is 0. The first-order valence-corrected chi connectivity index (χ1v) is 15.0. The van der Waals surface area contributed by atoms with E-state index in [4.69, 9.17) is 0 Å². The number of benzene rings is 3. The van der Waals surface area contributed by atoms with Crippen LogP contribution in [0.5, 0.6) is 0 Å². The number of nitrogens with zero attached hydrogens (tertiary/aromatic N) is 1. The topological polar surface area (TPSA) is 39.6 Å². The van der Waals surface area contributed by atoms with Gasteiger partial charge in [-0.25, -0.2) is 0 Å². The zero-order valence-corrected chi connectivity index (χ0v) is 24.2. The molecule has 2 aliphatic carbocycles. The minimum atomic E-state index is 0.178. The Morgan fingerprint density at radius 1 is 0.895 bits per heavy atom. The molecule has 0 unspecified atom stereocenters. The van der Waals surface area contributed by atoms with E-state index in [-0.39, 0.29) is 10.8 Å². The number of nitrogens with one attached hydrogen (secondary N) is 1. The predicted octanol–water partition coefficient (Wildman–Crippen LogP) is 10.0. The van der Waals surface area contributed by atoms with Gasteiger partial charge in [0.1, 0.15) is 6.07 Å². The van der Waals surface area contributed by atoms with E-state index in [1.165, 1.54) is 92.9 Å². The van der Waals surface area contributed by atoms with Gasteiger partial charge in [-0.15, -0.1) is 0 Å². The number of fused-ring (bicyclic) bond motifs is 6. The van der Waals surface area contributed by atoms with E-state index in [9.17, 15) is 5.26 Å². The van der Waals surface area contributed by atoms with Crippen LogP contribution in [0.3, 0.4) is 0 Å². The Balaban J connectivity index is 1.79. The maximum Gasteiger partial charge on any atom is 0.100 e. The number of hydrogen-bond donors (Lipinski definition) is 1. The maximum atomic E-state index is 10.8. The molecule has 1 spiro atoms. The second-order valence-electron chi connectivity index (χ2n) is 12.5. The van der Waals surface area contributed by atoms with Gasteiger partial charge in [0.2, 0.25) is 0 Å². The molecule has 0 atom stereocenters. The lowest BCUT2D eigenvalue weighted by atomic mass is 9.73. The molecule has 0 bridgehead atoms. The van der Waals surface area contributed by atoms with Gasteiger partial charge in [-0.05, 0) is 122 Å². The molecule has 4 aromatic rings. The summed E-state index contributed by atoms with van der Waals surface area (Å²) in [6.07, 6.45) is 10.8. The van der Waals surface area contributed by atoms with Gasteiger partial charge in [0.15, 0.2) is 0 Å². The van der Waals surface area contributed by atoms with Crippen LogP contribution in [0, 0.1) is 32.1 Å². The molecule has 0 radical (unpaired) electrons. The number of aryl methyl sites for hydroxylation is 4. The van der Waals surface area contributed by atoms with Crippen LogP contribution < -0.4 is 0 Å². The Labute approximate surface area is 228 Å². The zero-order valence-electron chi connectivity index (χ0n) is 24.2. The first-order valence-electron chi connectivity index (χ1n) is 15.0. The van der Waals surface area contributed by atoms with Crippen molar-refractivity contribution in [2.75, 3.05) is 0 Å². The van der Waals surface area contributed by atoms with Gasteiger partial charge in [-0.3, -0.25) is 0 Å². The van der Waals surface area contributed by atoms with Crippen LogP contribution >= 0.6 is 0 Å². The molecule has 1 fully saturated rings. The van der Waals surface area contributed by atoms with Crippen LogP contribution in [0.25, 0.3) is 32.9 Å². The highest BCUT2D eigenvalue weighted by Gasteiger charge is 2.45. The molecule has 196 valence electrons. The first-order chi connectivity index (χ1) is 18.3. The predicted molar refractivity (Wildman–Crippen MR) is 161 cm³/mol. The van der Waals surface area contributed by atoms with Crippen LogP contribution in [-0.2, 0) is 17.3 Å². The van der Waals surface area contributed by atoms with Gasteiger partial charge in [-0.1, -0.05) is 57.4 Å². The molecule has 3 aromatic carbocycles. The molecule has 38 heavy (non-hydrogen) atoms. The highest BCUT2D eigenvalue weighted by molar-refractivity contribution is 6.16. The van der Waals surface area contributed by atoms with Crippen molar-refractivity contribution < 1.29 is 0 Å². The minimum absolute atomic E-state index is 0.178. The molecule has 1 N–H and O–H groups in total. The number of nitriles is 1. The van der Waals surface area contributed by atoms with E-state index in [1.807, 2.05) is 0 Å². The van der Waals surface area contributed by atoms with Crippen LogP contribution in [0.4, 0.5) is 0 Å². The van der Waals surface area contributed by atoms with Gasteiger partial charge < -0.3 is 4.98 Å². The summed E-state index contributed by atoms with van der Waals surface area (Å²) in [5.74, 6) is 0. The lowest BCUT2D eigenvalue weighted by molar-refractivity contribution is 0.382. The van der Waals surface area contributed by atoms with E-state index in [1.54, 1.807) is 0 Å². The molecule has 2 heteroatoms. The van der Waals surface area contributed by atoms with E-state index < -0.39 is 0 Å². The highest BCUT2D eigenvalue weighted by Crippen LogP contribution is 2.56. The van der Waals surface area contributed by atoms with Crippen molar-refractivity contribution in [3.63, 3.8) is 0 Å². The molecule has 2 nitrogen and oxygen atoms in total. The smallest absolute Gasteiger partial charge is 0.100 e. The SMILES string of the molecule is CCC(CC)(CC)c1ccc2[nH]c3c(-c4c(C)cc(C)cc4C)c(C#N)c4c(c3c2c1)CCC41CCCC1. The number of hydrogen-bond acceptors (Lipinski definition) is 1. The molecule has 2 aliphatic rings. The van der Waals surface area contributed by atoms with Gasteiger partial charge in [0, 0.05) is 21.9 Å². The molecule has 1 saturated carbocycles. The molecule has 0 aliphatic heterocycles.